The topological polar surface area (TPSA) is 78.4 Å². The summed E-state index contributed by atoms with van der Waals surface area (Å²) in [6, 6.07) is 4.19. The Kier molecular flexibility index (Phi) is 5.06. The molecule has 0 spiro atoms. The number of halogens is 2. The number of nitrogens with zero attached hydrogens (tertiary/aromatic N) is 4. The Labute approximate surface area is 154 Å². The third-order valence-corrected chi connectivity index (χ3v) is 4.57. The van der Waals surface area contributed by atoms with Crippen LogP contribution in [0.25, 0.3) is 0 Å². The first kappa shape index (κ1) is 17.4. The molecule has 130 valence electrons. The van der Waals surface area contributed by atoms with Gasteiger partial charge >= 0.3 is 6.03 Å². The summed E-state index contributed by atoms with van der Waals surface area (Å²) in [5.41, 5.74) is 1.30. The SMILES string of the molecule is CN1C(=O)N(c2cncnc2)CC1C(=O)NCc1ccc(Cl)cc1Cl. The van der Waals surface area contributed by atoms with Gasteiger partial charge in [0.25, 0.3) is 0 Å². The van der Waals surface area contributed by atoms with Crippen molar-refractivity contribution >= 4 is 40.8 Å². The summed E-state index contributed by atoms with van der Waals surface area (Å²) in [7, 11) is 1.59. The fourth-order valence-corrected chi connectivity index (χ4v) is 3.04. The third-order valence-electron chi connectivity index (χ3n) is 3.99. The molecule has 1 aliphatic rings. The Morgan fingerprint density at radius 2 is 2.04 bits per heavy atom. The van der Waals surface area contributed by atoms with Crippen LogP contribution in [0.3, 0.4) is 0 Å². The van der Waals surface area contributed by atoms with Crippen LogP contribution in [0.4, 0.5) is 10.5 Å². The first-order valence-electron chi connectivity index (χ1n) is 7.48. The van der Waals surface area contributed by atoms with E-state index in [0.717, 1.165) is 5.56 Å². The molecule has 1 atom stereocenters. The van der Waals surface area contributed by atoms with E-state index in [1.807, 2.05) is 0 Å². The molecule has 2 heterocycles. The Bertz CT molecular complexity index is 802. The summed E-state index contributed by atoms with van der Waals surface area (Å²) < 4.78 is 0. The molecule has 9 heteroatoms. The molecule has 0 aliphatic carbocycles. The predicted molar refractivity (Wildman–Crippen MR) is 94.6 cm³/mol. The number of rotatable bonds is 4. The van der Waals surface area contributed by atoms with E-state index in [1.54, 1.807) is 25.2 Å². The van der Waals surface area contributed by atoms with Crippen LogP contribution in [0.2, 0.25) is 10.0 Å². The molecule has 1 N–H and O–H groups in total. The molecular formula is C16H15Cl2N5O2. The van der Waals surface area contributed by atoms with Crippen molar-refractivity contribution < 1.29 is 9.59 Å². The molecule has 2 aromatic rings. The second kappa shape index (κ2) is 7.25. The van der Waals surface area contributed by atoms with Crippen molar-refractivity contribution in [3.05, 3.63) is 52.5 Å². The van der Waals surface area contributed by atoms with E-state index in [2.05, 4.69) is 15.3 Å². The number of benzene rings is 1. The highest BCUT2D eigenvalue weighted by Gasteiger charge is 2.39. The lowest BCUT2D eigenvalue weighted by Gasteiger charge is -2.17. The number of amides is 3. The molecule has 1 saturated heterocycles. The van der Waals surface area contributed by atoms with Crippen molar-refractivity contribution in [2.45, 2.75) is 12.6 Å². The summed E-state index contributed by atoms with van der Waals surface area (Å²) >= 11 is 12.0. The lowest BCUT2D eigenvalue weighted by molar-refractivity contribution is -0.124. The van der Waals surface area contributed by atoms with Crippen LogP contribution in [0.5, 0.6) is 0 Å². The van der Waals surface area contributed by atoms with Gasteiger partial charge in [0.05, 0.1) is 24.6 Å². The van der Waals surface area contributed by atoms with Crippen molar-refractivity contribution in [2.24, 2.45) is 0 Å². The van der Waals surface area contributed by atoms with Crippen LogP contribution >= 0.6 is 23.2 Å². The van der Waals surface area contributed by atoms with Gasteiger partial charge in [-0.05, 0) is 17.7 Å². The number of nitrogens with one attached hydrogen (secondary N) is 1. The van der Waals surface area contributed by atoms with E-state index in [0.29, 0.717) is 15.7 Å². The highest BCUT2D eigenvalue weighted by atomic mass is 35.5. The van der Waals surface area contributed by atoms with Gasteiger partial charge in [0, 0.05) is 23.6 Å². The van der Waals surface area contributed by atoms with E-state index in [9.17, 15) is 9.59 Å². The van der Waals surface area contributed by atoms with Crippen molar-refractivity contribution in [2.75, 3.05) is 18.5 Å². The van der Waals surface area contributed by atoms with Crippen molar-refractivity contribution in [1.82, 2.24) is 20.2 Å². The molecule has 1 aliphatic heterocycles. The highest BCUT2D eigenvalue weighted by molar-refractivity contribution is 6.35. The van der Waals surface area contributed by atoms with Gasteiger partial charge in [-0.1, -0.05) is 29.3 Å². The van der Waals surface area contributed by atoms with Gasteiger partial charge in [0.2, 0.25) is 5.91 Å². The van der Waals surface area contributed by atoms with Crippen molar-refractivity contribution in [1.29, 1.82) is 0 Å². The van der Waals surface area contributed by atoms with E-state index in [-0.39, 0.29) is 25.0 Å². The zero-order chi connectivity index (χ0) is 18.0. The Balaban J connectivity index is 1.67. The molecule has 3 amide bonds. The molecule has 1 unspecified atom stereocenters. The van der Waals surface area contributed by atoms with Crippen LogP contribution in [-0.2, 0) is 11.3 Å². The van der Waals surface area contributed by atoms with Crippen LogP contribution in [0, 0.1) is 0 Å². The molecule has 1 aromatic heterocycles. The number of aromatic nitrogens is 2. The lowest BCUT2D eigenvalue weighted by Crippen LogP contribution is -2.43. The monoisotopic (exact) mass is 379 g/mol. The molecule has 0 radical (unpaired) electrons. The maximum absolute atomic E-state index is 12.5. The third kappa shape index (κ3) is 3.67. The summed E-state index contributed by atoms with van der Waals surface area (Å²) in [5, 5.41) is 3.81. The number of hydrogen-bond acceptors (Lipinski definition) is 4. The maximum atomic E-state index is 12.5. The molecule has 0 bridgehead atoms. The first-order valence-corrected chi connectivity index (χ1v) is 8.24. The Hall–Kier alpha value is -2.38. The molecular weight excluding hydrogens is 365 g/mol. The number of urea groups is 1. The first-order chi connectivity index (χ1) is 12.0. The van der Waals surface area contributed by atoms with E-state index < -0.39 is 6.04 Å². The van der Waals surface area contributed by atoms with Crippen molar-refractivity contribution in [3.63, 3.8) is 0 Å². The molecule has 25 heavy (non-hydrogen) atoms. The van der Waals surface area contributed by atoms with Gasteiger partial charge < -0.3 is 10.2 Å². The van der Waals surface area contributed by atoms with E-state index in [4.69, 9.17) is 23.2 Å². The molecule has 1 fully saturated rings. The van der Waals surface area contributed by atoms with E-state index >= 15 is 0 Å². The predicted octanol–water partition coefficient (Wildman–Crippen LogP) is 2.34. The second-order valence-corrected chi connectivity index (χ2v) is 6.41. The summed E-state index contributed by atoms with van der Waals surface area (Å²) in [4.78, 5) is 35.5. The average molecular weight is 380 g/mol. The molecule has 1 aromatic carbocycles. The van der Waals surface area contributed by atoms with Gasteiger partial charge in [0.15, 0.2) is 0 Å². The standard InChI is InChI=1S/C16H15Cl2N5O2/c1-22-14(8-23(16(22)25)12-6-19-9-20-7-12)15(24)21-5-10-2-3-11(17)4-13(10)18/h2-4,6-7,9,14H,5,8H2,1H3,(H,21,24). The summed E-state index contributed by atoms with van der Waals surface area (Å²) in [5.74, 6) is -0.263. The summed E-state index contributed by atoms with van der Waals surface area (Å²) in [6.07, 6.45) is 4.45. The molecule has 7 nitrogen and oxygen atoms in total. The number of carbonyl (C=O) groups excluding carboxylic acids is 2. The second-order valence-electron chi connectivity index (χ2n) is 5.57. The van der Waals surface area contributed by atoms with Crippen molar-refractivity contribution in [3.8, 4) is 0 Å². The Morgan fingerprint density at radius 3 is 2.72 bits per heavy atom. The normalized spacial score (nSPS) is 17.1. The van der Waals surface area contributed by atoms with Gasteiger partial charge in [-0.25, -0.2) is 14.8 Å². The van der Waals surface area contributed by atoms with Gasteiger partial charge in [-0.2, -0.15) is 0 Å². The van der Waals surface area contributed by atoms with Crippen LogP contribution < -0.4 is 10.2 Å². The fourth-order valence-electron chi connectivity index (χ4n) is 2.57. The number of carbonyl (C=O) groups is 2. The minimum Gasteiger partial charge on any atom is -0.350 e. The zero-order valence-electron chi connectivity index (χ0n) is 13.3. The minimum atomic E-state index is -0.612. The van der Waals surface area contributed by atoms with Crippen LogP contribution in [0.15, 0.2) is 36.9 Å². The minimum absolute atomic E-state index is 0.225. The maximum Gasteiger partial charge on any atom is 0.325 e. The largest absolute Gasteiger partial charge is 0.350 e. The number of hydrogen-bond donors (Lipinski definition) is 1. The number of anilines is 1. The van der Waals surface area contributed by atoms with E-state index in [1.165, 1.54) is 28.5 Å². The van der Waals surface area contributed by atoms with Crippen LogP contribution in [0.1, 0.15) is 5.56 Å². The quantitative estimate of drug-likeness (QED) is 0.883. The van der Waals surface area contributed by atoms with Gasteiger partial charge in [0.1, 0.15) is 12.4 Å². The lowest BCUT2D eigenvalue weighted by atomic mass is 10.2. The van der Waals surface area contributed by atoms with Crippen LogP contribution in [-0.4, -0.2) is 46.4 Å². The van der Waals surface area contributed by atoms with Gasteiger partial charge in [-0.3, -0.25) is 9.69 Å². The smallest absolute Gasteiger partial charge is 0.325 e. The molecule has 0 saturated carbocycles. The van der Waals surface area contributed by atoms with Gasteiger partial charge in [-0.15, -0.1) is 0 Å². The zero-order valence-corrected chi connectivity index (χ0v) is 14.8. The highest BCUT2D eigenvalue weighted by Crippen LogP contribution is 2.23. The number of likely N-dealkylation sites (N-methyl/N-ethyl adjacent to an activating group) is 1. The molecule has 3 rings (SSSR count). The Morgan fingerprint density at radius 1 is 1.32 bits per heavy atom. The average Bonchev–Trinajstić information content (AvgIpc) is 2.90. The fraction of sp³-hybridized carbons (Fsp3) is 0.250. The summed E-state index contributed by atoms with van der Waals surface area (Å²) in [6.45, 7) is 0.477.